The second kappa shape index (κ2) is 19.2. The number of nitrogens with zero attached hydrogens (tertiary/aromatic N) is 3. The summed E-state index contributed by atoms with van der Waals surface area (Å²) in [5, 5.41) is 12.7. The first-order valence-corrected chi connectivity index (χ1v) is 23.1. The summed E-state index contributed by atoms with van der Waals surface area (Å²) >= 11 is 0. The molecule has 0 fully saturated rings. The van der Waals surface area contributed by atoms with Crippen LogP contribution in [0.15, 0.2) is 121 Å². The average molecular weight is 1130 g/mol. The molecule has 0 saturated carbocycles. The number of benzene rings is 6. The maximum Gasteiger partial charge on any atom is 0.148 e. The molecule has 366 valence electrons. The van der Waals surface area contributed by atoms with Crippen LogP contribution in [0.2, 0.25) is 0 Å². The molecule has 0 aliphatic rings. The first-order chi connectivity index (χ1) is 40.7. The number of aryl methyl sites for hydroxylation is 1. The molecule has 0 saturated heterocycles. The third kappa shape index (κ3) is 10.3. The number of pyridine rings is 1. The second-order valence-electron chi connectivity index (χ2n) is 21.5. The number of hydrogen-bond donors (Lipinski definition) is 1. The van der Waals surface area contributed by atoms with Crippen molar-refractivity contribution in [2.24, 2.45) is 0 Å². The summed E-state index contributed by atoms with van der Waals surface area (Å²) in [4.78, 5) is 9.76. The number of phenolic OH excluding ortho intramolecular Hbond substituents is 1. The third-order valence-corrected chi connectivity index (χ3v) is 12.5. The number of phenols is 1. The molecule has 70 heavy (non-hydrogen) atoms. The van der Waals surface area contributed by atoms with Crippen molar-refractivity contribution >= 4 is 11.0 Å². The Hall–Kier alpha value is -5.57. The van der Waals surface area contributed by atoms with Gasteiger partial charge in [0.15, 0.2) is 0 Å². The van der Waals surface area contributed by atoms with Crippen molar-refractivity contribution in [2.45, 2.75) is 151 Å². The molecule has 1 N–H and O–H groups in total. The Morgan fingerprint density at radius 3 is 1.87 bits per heavy atom. The van der Waals surface area contributed by atoms with Crippen LogP contribution in [0.1, 0.15) is 190 Å². The van der Waals surface area contributed by atoms with E-state index in [0.717, 1.165) is 5.56 Å². The normalized spacial score (nSPS) is 17.9. The summed E-state index contributed by atoms with van der Waals surface area (Å²) < 4.78 is 187. The van der Waals surface area contributed by atoms with Gasteiger partial charge in [0.05, 0.1) is 31.9 Å². The van der Waals surface area contributed by atoms with Gasteiger partial charge in [0.1, 0.15) is 11.6 Å². The fourth-order valence-corrected chi connectivity index (χ4v) is 8.60. The SMILES string of the molecule is [2H]c1nc(-c2[c-]c(-c3cccc4c3nc(-c3cc(C(C)(C)C)cc(C(C)(C)C)c3O)n4-c3ccc(-c4c(C([2H])(C)C)cccc4C([2H])(C)C)cc3C([2H])([2H])[2H])cc(C(C)(C)C)c2)c([2H])c(-c2c([2H])c([2H])c(C(C([2H])([2H])[2H])(C([2H])([2H])[2H])C([2H])([2H])[2H])c([2H])c2[2H])c1[2H].[Pt]. The van der Waals surface area contributed by atoms with Crippen molar-refractivity contribution in [1.29, 1.82) is 0 Å². The summed E-state index contributed by atoms with van der Waals surface area (Å²) in [6.07, 6.45) is -0.810. The van der Waals surface area contributed by atoms with Crippen molar-refractivity contribution in [2.75, 3.05) is 0 Å². The van der Waals surface area contributed by atoms with Crippen LogP contribution in [0, 0.1) is 12.9 Å². The number of rotatable bonds is 8. The number of imidazole rings is 1. The predicted octanol–water partition coefficient (Wildman–Crippen LogP) is 18.0. The molecule has 0 bridgehead atoms. The molecule has 6 aromatic carbocycles. The summed E-state index contributed by atoms with van der Waals surface area (Å²) in [5.74, 6) is -2.30. The van der Waals surface area contributed by atoms with Gasteiger partial charge < -0.3 is 5.11 Å². The smallest absolute Gasteiger partial charge is 0.148 e. The number of aromatic nitrogens is 3. The van der Waals surface area contributed by atoms with Crippen LogP contribution in [-0.4, -0.2) is 19.6 Å². The first-order valence-electron chi connectivity index (χ1n) is 33.6. The Kier molecular flexibility index (Phi) is 8.51. The van der Waals surface area contributed by atoms with Gasteiger partial charge in [-0.15, -0.1) is 29.3 Å². The van der Waals surface area contributed by atoms with Crippen molar-refractivity contribution < 1.29 is 55.0 Å². The van der Waals surface area contributed by atoms with Crippen molar-refractivity contribution in [3.63, 3.8) is 0 Å². The minimum atomic E-state index is -3.97. The topological polar surface area (TPSA) is 50.9 Å². The number of para-hydroxylation sites is 1. The fourth-order valence-electron chi connectivity index (χ4n) is 8.60. The molecule has 2 aromatic heterocycles. The molecular formula is C65H74N3OPt-. The largest absolute Gasteiger partial charge is 0.507 e. The molecule has 0 unspecified atom stereocenters. The van der Waals surface area contributed by atoms with E-state index in [1.54, 1.807) is 80.8 Å². The Labute approximate surface area is 463 Å². The summed E-state index contributed by atoms with van der Waals surface area (Å²) in [7, 11) is 0. The summed E-state index contributed by atoms with van der Waals surface area (Å²) in [5.41, 5.74) is -3.10. The van der Waals surface area contributed by atoms with E-state index in [2.05, 4.69) is 11.1 Å². The van der Waals surface area contributed by atoms with E-state index >= 15 is 0 Å². The monoisotopic (exact) mass is 1130 g/mol. The standard InChI is InChI=1S/C65H74N3O.Pt/c1-39(2)50-20-18-21-51(40(3)4)58(50)44-26-29-56(41(5)32-44)68-57-23-19-22-52(59(57)67-61(68)53-37-49(64(12,13)14)38-54(60(53)69)65(15,16)17)45-33-46(35-48(34-45)63(9,10)11)55-36-43(30-31-66-55)42-24-27-47(28-25-42)62(6,7)8;/h18-32,34-40,69H,1-17H3;/q-1;/i5D3,6D3,7D3,8D3,24D,25D,27D,28D,30D,31D,36D,39D,40D;. The van der Waals surface area contributed by atoms with Crippen LogP contribution in [0.3, 0.4) is 0 Å². The van der Waals surface area contributed by atoms with E-state index in [4.69, 9.17) is 22.8 Å². The van der Waals surface area contributed by atoms with Crippen LogP contribution in [0.5, 0.6) is 5.75 Å². The second-order valence-corrected chi connectivity index (χ2v) is 21.5. The summed E-state index contributed by atoms with van der Waals surface area (Å²) in [6.45, 7) is 9.93. The average Bonchev–Trinajstić information content (AvgIpc) is 0.994. The molecule has 0 aliphatic carbocycles. The van der Waals surface area contributed by atoms with Crippen LogP contribution in [-0.2, 0) is 42.7 Å². The fraction of sp³-hybridized carbons (Fsp3) is 0.354. The van der Waals surface area contributed by atoms with Gasteiger partial charge in [-0.2, -0.15) is 0 Å². The van der Waals surface area contributed by atoms with Gasteiger partial charge in [-0.05, 0) is 121 Å². The number of aromatic hydroxyl groups is 1. The predicted molar refractivity (Wildman–Crippen MR) is 294 cm³/mol. The number of hydrogen-bond acceptors (Lipinski definition) is 3. The molecule has 8 aromatic rings. The van der Waals surface area contributed by atoms with E-state index in [-0.39, 0.29) is 66.2 Å². The molecule has 5 heteroatoms. The molecule has 4 nitrogen and oxygen atoms in total. The molecular weight excluding hydrogens is 1030 g/mol. The van der Waals surface area contributed by atoms with Gasteiger partial charge in [0, 0.05) is 57.7 Å². The minimum Gasteiger partial charge on any atom is -0.507 e. The third-order valence-electron chi connectivity index (χ3n) is 12.5. The molecule has 0 amide bonds. The van der Waals surface area contributed by atoms with Gasteiger partial charge in [0.2, 0.25) is 0 Å². The molecule has 0 atom stereocenters. The van der Waals surface area contributed by atoms with E-state index in [9.17, 15) is 16.1 Å². The Morgan fingerprint density at radius 1 is 0.643 bits per heavy atom. The van der Waals surface area contributed by atoms with Gasteiger partial charge in [-0.1, -0.05) is 194 Å². The van der Waals surface area contributed by atoms with Crippen molar-refractivity contribution in [1.82, 2.24) is 14.5 Å². The molecule has 0 spiro atoms. The number of fused-ring (bicyclic) bond motifs is 1. The van der Waals surface area contributed by atoms with Crippen molar-refractivity contribution in [3.8, 4) is 67.5 Å². The Bertz CT molecular complexity index is 4100. The molecule has 2 heterocycles. The Morgan fingerprint density at radius 2 is 1.27 bits per heavy atom. The quantitative estimate of drug-likeness (QED) is 0.154. The van der Waals surface area contributed by atoms with E-state index in [0.29, 0.717) is 50.0 Å². The van der Waals surface area contributed by atoms with Crippen LogP contribution in [0.4, 0.5) is 0 Å². The zero-order valence-electron chi connectivity index (χ0n) is 63.1. The summed E-state index contributed by atoms with van der Waals surface area (Å²) in [6, 6.07) is 19.6. The van der Waals surface area contributed by atoms with Crippen LogP contribution in [0.25, 0.3) is 72.7 Å². The van der Waals surface area contributed by atoms with Gasteiger partial charge in [-0.25, -0.2) is 4.98 Å². The first kappa shape index (κ1) is 31.0. The molecule has 8 rings (SSSR count). The van der Waals surface area contributed by atoms with E-state index in [1.165, 1.54) is 0 Å². The molecule has 0 radical (unpaired) electrons. The zero-order valence-corrected chi connectivity index (χ0v) is 44.4. The van der Waals surface area contributed by atoms with Gasteiger partial charge in [-0.3, -0.25) is 9.55 Å². The van der Waals surface area contributed by atoms with Crippen molar-refractivity contribution in [3.05, 3.63) is 166 Å². The van der Waals surface area contributed by atoms with E-state index < -0.39 is 120 Å². The van der Waals surface area contributed by atoms with Crippen LogP contribution < -0.4 is 0 Å². The minimum absolute atomic E-state index is 0. The maximum atomic E-state index is 12.7. The zero-order chi connectivity index (χ0) is 68.1. The van der Waals surface area contributed by atoms with Crippen LogP contribution >= 0.6 is 0 Å². The van der Waals surface area contributed by atoms with E-state index in [1.807, 2.05) is 92.6 Å². The Balaban J connectivity index is 0.0000118. The molecule has 0 aliphatic heterocycles. The van der Waals surface area contributed by atoms with Gasteiger partial charge in [0.25, 0.3) is 0 Å². The van der Waals surface area contributed by atoms with Gasteiger partial charge >= 0.3 is 0 Å². The maximum absolute atomic E-state index is 12.7.